The first-order chi connectivity index (χ1) is 9.80. The van der Waals surface area contributed by atoms with Gasteiger partial charge in [0.05, 0.1) is 28.3 Å². The highest BCUT2D eigenvalue weighted by molar-refractivity contribution is 7.84. The Morgan fingerprint density at radius 2 is 1.73 bits per heavy atom. The smallest absolute Gasteiger partial charge is 0.405 e. The Labute approximate surface area is 132 Å². The number of carbonyl (C=O) groups excluding carboxylic acids is 1. The van der Waals surface area contributed by atoms with E-state index in [-0.39, 0.29) is 18.9 Å². The van der Waals surface area contributed by atoms with Gasteiger partial charge in [0.2, 0.25) is 0 Å². The number of nitrogens with one attached hydrogen (secondary N) is 1. The molecule has 0 fully saturated rings. The Hall–Kier alpha value is -0.630. The molecule has 0 unspecified atom stereocenters. The molecule has 22 heavy (non-hydrogen) atoms. The predicted octanol–water partition coefficient (Wildman–Crippen LogP) is 3.19. The molecule has 0 aromatic carbocycles. The highest BCUT2D eigenvalue weighted by Crippen LogP contribution is 2.31. The molecule has 0 heterocycles. The topological polar surface area (TPSA) is 55.4 Å². The van der Waals surface area contributed by atoms with Gasteiger partial charge in [0, 0.05) is 0 Å². The Balaban J connectivity index is 5.49. The van der Waals surface area contributed by atoms with Crippen LogP contribution in [0.5, 0.6) is 0 Å². The van der Waals surface area contributed by atoms with Crippen LogP contribution < -0.4 is 4.72 Å². The molecule has 132 valence electrons. The van der Waals surface area contributed by atoms with E-state index in [2.05, 4.69) is 4.72 Å². The second-order valence-electron chi connectivity index (χ2n) is 6.51. The average molecular weight is 345 g/mol. The van der Waals surface area contributed by atoms with Gasteiger partial charge in [-0.2, -0.15) is 13.2 Å². The number of hydrogen-bond acceptors (Lipinski definition) is 3. The second kappa shape index (κ2) is 8.29. The number of alkyl halides is 3. The van der Waals surface area contributed by atoms with E-state index in [1.165, 1.54) is 6.92 Å². The van der Waals surface area contributed by atoms with Crippen molar-refractivity contribution in [3.05, 3.63) is 0 Å². The quantitative estimate of drug-likeness (QED) is 0.721. The maximum atomic E-state index is 13.4. The van der Waals surface area contributed by atoms with Crippen LogP contribution in [-0.2, 0) is 20.5 Å². The minimum absolute atomic E-state index is 0.000363. The summed E-state index contributed by atoms with van der Waals surface area (Å²) in [4.78, 5) is 11.9. The summed E-state index contributed by atoms with van der Waals surface area (Å²) < 4.78 is 58.1. The van der Waals surface area contributed by atoms with Crippen LogP contribution >= 0.6 is 0 Å². The summed E-state index contributed by atoms with van der Waals surface area (Å²) in [6, 6.07) is -2.20. The molecule has 8 heteroatoms. The fourth-order valence-electron chi connectivity index (χ4n) is 1.79. The SMILES string of the molecule is CCOC(=O)[C@H](CC(C)C)[C@@H](N[S@](=O)C(C)(C)C)C(F)(F)F. The first kappa shape index (κ1) is 21.4. The van der Waals surface area contributed by atoms with Gasteiger partial charge in [-0.05, 0) is 40.0 Å². The molecule has 0 aromatic heterocycles. The standard InChI is InChI=1S/C14H26F3NO3S/c1-7-21-12(19)10(8-9(2)3)11(14(15,16)17)18-22(20)13(4,5)6/h9-11,18H,7-8H2,1-6H3/t10-,11-,22-/m1/s1. The molecule has 0 rings (SSSR count). The van der Waals surface area contributed by atoms with E-state index in [0.29, 0.717) is 0 Å². The lowest BCUT2D eigenvalue weighted by atomic mass is 9.90. The van der Waals surface area contributed by atoms with Gasteiger partial charge in [0.15, 0.2) is 0 Å². The summed E-state index contributed by atoms with van der Waals surface area (Å²) in [6.07, 6.45) is -4.70. The molecular weight excluding hydrogens is 319 g/mol. The zero-order valence-electron chi connectivity index (χ0n) is 13.9. The molecule has 0 saturated heterocycles. The third-order valence-corrected chi connectivity index (χ3v) is 4.44. The molecule has 0 amide bonds. The zero-order chi connectivity index (χ0) is 17.7. The van der Waals surface area contributed by atoms with Gasteiger partial charge in [-0.15, -0.1) is 0 Å². The lowest BCUT2D eigenvalue weighted by Gasteiger charge is -2.31. The molecule has 0 saturated carbocycles. The van der Waals surface area contributed by atoms with Crippen LogP contribution in [0.25, 0.3) is 0 Å². The van der Waals surface area contributed by atoms with Gasteiger partial charge in [0.1, 0.15) is 6.04 Å². The predicted molar refractivity (Wildman–Crippen MR) is 80.5 cm³/mol. The fourth-order valence-corrected chi connectivity index (χ4v) is 2.68. The van der Waals surface area contributed by atoms with Crippen molar-refractivity contribution in [1.82, 2.24) is 4.72 Å². The number of halogens is 3. The van der Waals surface area contributed by atoms with Crippen molar-refractivity contribution < 1.29 is 26.9 Å². The summed E-state index contributed by atoms with van der Waals surface area (Å²) in [7, 11) is -1.95. The van der Waals surface area contributed by atoms with Crippen LogP contribution in [0.15, 0.2) is 0 Å². The van der Waals surface area contributed by atoms with Crippen molar-refractivity contribution in [1.29, 1.82) is 0 Å². The summed E-state index contributed by atoms with van der Waals surface area (Å²) >= 11 is 0. The van der Waals surface area contributed by atoms with Crippen molar-refractivity contribution in [2.24, 2.45) is 11.8 Å². The molecule has 1 N–H and O–H groups in total. The van der Waals surface area contributed by atoms with Gasteiger partial charge >= 0.3 is 12.1 Å². The Morgan fingerprint density at radius 1 is 1.23 bits per heavy atom. The van der Waals surface area contributed by atoms with Crippen molar-refractivity contribution in [3.8, 4) is 0 Å². The number of rotatable bonds is 7. The maximum Gasteiger partial charge on any atom is 0.405 e. The molecule has 4 nitrogen and oxygen atoms in total. The van der Waals surface area contributed by atoms with Crippen molar-refractivity contribution >= 4 is 17.0 Å². The van der Waals surface area contributed by atoms with Crippen LogP contribution in [-0.4, -0.2) is 33.8 Å². The number of carbonyl (C=O) groups is 1. The van der Waals surface area contributed by atoms with Gasteiger partial charge in [-0.1, -0.05) is 13.8 Å². The van der Waals surface area contributed by atoms with E-state index >= 15 is 0 Å². The minimum Gasteiger partial charge on any atom is -0.466 e. The third-order valence-electron chi connectivity index (χ3n) is 2.86. The van der Waals surface area contributed by atoms with Crippen LogP contribution in [0.4, 0.5) is 13.2 Å². The van der Waals surface area contributed by atoms with Gasteiger partial charge < -0.3 is 4.74 Å². The van der Waals surface area contributed by atoms with Crippen LogP contribution in [0.2, 0.25) is 0 Å². The summed E-state index contributed by atoms with van der Waals surface area (Å²) in [5, 5.41) is 0. The highest BCUT2D eigenvalue weighted by atomic mass is 32.2. The van der Waals surface area contributed by atoms with Gasteiger partial charge in [-0.25, -0.2) is 8.93 Å². The molecule has 0 aliphatic carbocycles. The molecule has 0 aromatic rings. The lowest BCUT2D eigenvalue weighted by molar-refractivity contribution is -0.179. The van der Waals surface area contributed by atoms with E-state index in [1.807, 2.05) is 0 Å². The van der Waals surface area contributed by atoms with Crippen LogP contribution in [0.1, 0.15) is 48.0 Å². The third kappa shape index (κ3) is 7.09. The van der Waals surface area contributed by atoms with E-state index in [1.54, 1.807) is 34.6 Å². The largest absolute Gasteiger partial charge is 0.466 e. The normalized spacial score (nSPS) is 17.2. The molecule has 0 spiro atoms. The first-order valence-corrected chi connectivity index (χ1v) is 8.37. The van der Waals surface area contributed by atoms with Crippen LogP contribution in [0.3, 0.4) is 0 Å². The number of ether oxygens (including phenoxy) is 1. The Bertz CT molecular complexity index is 392. The minimum atomic E-state index is -4.70. The molecule has 3 atom stereocenters. The Kier molecular flexibility index (Phi) is 8.05. The molecule has 0 aliphatic rings. The van der Waals surface area contributed by atoms with Crippen molar-refractivity contribution in [2.45, 2.75) is 64.9 Å². The average Bonchev–Trinajstić information content (AvgIpc) is 2.30. The van der Waals surface area contributed by atoms with E-state index in [4.69, 9.17) is 4.74 Å². The number of esters is 1. The van der Waals surface area contributed by atoms with Crippen LogP contribution in [0, 0.1) is 11.8 Å². The van der Waals surface area contributed by atoms with Crippen molar-refractivity contribution in [3.63, 3.8) is 0 Å². The summed E-state index contributed by atoms with van der Waals surface area (Å²) in [5.74, 6) is -2.48. The van der Waals surface area contributed by atoms with Gasteiger partial charge in [-0.3, -0.25) is 4.79 Å². The molecule has 0 radical (unpaired) electrons. The highest BCUT2D eigenvalue weighted by Gasteiger charge is 2.49. The van der Waals surface area contributed by atoms with Crippen molar-refractivity contribution in [2.75, 3.05) is 6.61 Å². The lowest BCUT2D eigenvalue weighted by Crippen LogP contribution is -2.54. The fraction of sp³-hybridized carbons (Fsp3) is 0.929. The monoisotopic (exact) mass is 345 g/mol. The molecule has 0 bridgehead atoms. The number of hydrogen-bond donors (Lipinski definition) is 1. The van der Waals surface area contributed by atoms with E-state index < -0.39 is 39.8 Å². The molecular formula is C14H26F3NO3S. The first-order valence-electron chi connectivity index (χ1n) is 7.22. The molecule has 0 aliphatic heterocycles. The Morgan fingerprint density at radius 3 is 2.05 bits per heavy atom. The van der Waals surface area contributed by atoms with Gasteiger partial charge in [0.25, 0.3) is 0 Å². The van der Waals surface area contributed by atoms with E-state index in [0.717, 1.165) is 0 Å². The summed E-state index contributed by atoms with van der Waals surface area (Å²) in [5.41, 5.74) is 0. The maximum absolute atomic E-state index is 13.4. The zero-order valence-corrected chi connectivity index (χ0v) is 14.7. The second-order valence-corrected chi connectivity index (χ2v) is 8.50. The summed E-state index contributed by atoms with van der Waals surface area (Å²) in [6.45, 7) is 9.66. The van der Waals surface area contributed by atoms with E-state index in [9.17, 15) is 22.2 Å².